The molecule has 0 aromatic heterocycles. The number of nitrogens with zero attached hydrogens (tertiary/aromatic N) is 1. The summed E-state index contributed by atoms with van der Waals surface area (Å²) in [6, 6.07) is 2.20. The quantitative estimate of drug-likeness (QED) is 0.856. The van der Waals surface area contributed by atoms with Crippen LogP contribution in [0.5, 0.6) is 0 Å². The molecule has 0 amide bonds. The third kappa shape index (κ3) is 3.52. The molecule has 0 bridgehead atoms. The van der Waals surface area contributed by atoms with E-state index in [9.17, 15) is 13.2 Å². The van der Waals surface area contributed by atoms with Crippen molar-refractivity contribution in [2.24, 2.45) is 5.92 Å². The van der Waals surface area contributed by atoms with Crippen LogP contribution in [0.15, 0.2) is 12.1 Å². The van der Waals surface area contributed by atoms with Gasteiger partial charge in [0.25, 0.3) is 0 Å². The molecule has 1 fully saturated rings. The molecule has 1 aliphatic heterocycles. The molecule has 1 aromatic carbocycles. The second kappa shape index (κ2) is 6.59. The van der Waals surface area contributed by atoms with Crippen LogP contribution >= 0.6 is 0 Å². The molecular weight excluding hydrogens is 265 g/mol. The van der Waals surface area contributed by atoms with Crippen LogP contribution in [0.2, 0.25) is 0 Å². The van der Waals surface area contributed by atoms with E-state index < -0.39 is 17.5 Å². The fourth-order valence-electron chi connectivity index (χ4n) is 2.70. The van der Waals surface area contributed by atoms with Crippen LogP contribution in [0.25, 0.3) is 0 Å². The van der Waals surface area contributed by atoms with Crippen molar-refractivity contribution in [2.45, 2.75) is 26.3 Å². The molecule has 0 radical (unpaired) electrons. The van der Waals surface area contributed by atoms with Crippen LogP contribution in [0.1, 0.15) is 31.9 Å². The van der Waals surface area contributed by atoms with Crippen molar-refractivity contribution in [1.29, 1.82) is 0 Å². The van der Waals surface area contributed by atoms with Gasteiger partial charge in [0.2, 0.25) is 0 Å². The van der Waals surface area contributed by atoms with Crippen LogP contribution in [-0.2, 0) is 0 Å². The Balaban J connectivity index is 2.30. The number of benzene rings is 1. The van der Waals surface area contributed by atoms with Gasteiger partial charge in [-0.05, 0) is 30.0 Å². The molecule has 0 aliphatic carbocycles. The van der Waals surface area contributed by atoms with Gasteiger partial charge in [0.05, 0.1) is 0 Å². The van der Waals surface area contributed by atoms with Gasteiger partial charge in [0.1, 0.15) is 0 Å². The Morgan fingerprint density at radius 3 is 2.15 bits per heavy atom. The number of rotatable bonds is 4. The lowest BCUT2D eigenvalue weighted by atomic mass is 9.94. The van der Waals surface area contributed by atoms with Crippen molar-refractivity contribution in [1.82, 2.24) is 10.2 Å². The molecule has 5 heteroatoms. The topological polar surface area (TPSA) is 15.3 Å². The number of halogens is 3. The summed E-state index contributed by atoms with van der Waals surface area (Å²) in [5.74, 6) is -3.21. The van der Waals surface area contributed by atoms with Crippen molar-refractivity contribution in [3.63, 3.8) is 0 Å². The van der Waals surface area contributed by atoms with Crippen LogP contribution in [-0.4, -0.2) is 31.1 Å². The maximum Gasteiger partial charge on any atom is 0.194 e. The SMILES string of the molecule is CC(C)C[C@@H](c1cc(F)c(F)c(F)c1)N1CCNCC1. The van der Waals surface area contributed by atoms with E-state index in [1.54, 1.807) is 0 Å². The van der Waals surface area contributed by atoms with Gasteiger partial charge in [0, 0.05) is 32.2 Å². The Bertz CT molecular complexity index is 433. The van der Waals surface area contributed by atoms with Gasteiger partial charge < -0.3 is 5.32 Å². The summed E-state index contributed by atoms with van der Waals surface area (Å²) in [7, 11) is 0. The highest BCUT2D eigenvalue weighted by molar-refractivity contribution is 5.23. The highest BCUT2D eigenvalue weighted by atomic mass is 19.2. The molecule has 1 heterocycles. The first-order valence-corrected chi connectivity index (χ1v) is 7.08. The predicted octanol–water partition coefficient (Wildman–Crippen LogP) is 3.10. The smallest absolute Gasteiger partial charge is 0.194 e. The molecule has 1 saturated heterocycles. The van der Waals surface area contributed by atoms with Crippen molar-refractivity contribution in [3.05, 3.63) is 35.1 Å². The minimum atomic E-state index is -1.39. The van der Waals surface area contributed by atoms with Gasteiger partial charge in [-0.25, -0.2) is 13.2 Å². The van der Waals surface area contributed by atoms with Crippen LogP contribution in [0.4, 0.5) is 13.2 Å². The first-order valence-electron chi connectivity index (χ1n) is 7.08. The van der Waals surface area contributed by atoms with E-state index >= 15 is 0 Å². The van der Waals surface area contributed by atoms with E-state index in [0.717, 1.165) is 44.7 Å². The second-order valence-corrected chi connectivity index (χ2v) is 5.73. The zero-order valence-electron chi connectivity index (χ0n) is 11.9. The molecule has 1 atom stereocenters. The third-order valence-corrected chi connectivity index (χ3v) is 3.68. The summed E-state index contributed by atoms with van der Waals surface area (Å²) in [6.45, 7) is 7.54. The summed E-state index contributed by atoms with van der Waals surface area (Å²) in [4.78, 5) is 2.21. The number of nitrogens with one attached hydrogen (secondary N) is 1. The lowest BCUT2D eigenvalue weighted by Gasteiger charge is -2.36. The molecule has 2 rings (SSSR count). The van der Waals surface area contributed by atoms with Crippen LogP contribution in [0, 0.1) is 23.4 Å². The highest BCUT2D eigenvalue weighted by Gasteiger charge is 2.25. The van der Waals surface area contributed by atoms with Crippen molar-refractivity contribution < 1.29 is 13.2 Å². The van der Waals surface area contributed by atoms with Crippen LogP contribution in [0.3, 0.4) is 0 Å². The first kappa shape index (κ1) is 15.3. The molecule has 0 unspecified atom stereocenters. The Hall–Kier alpha value is -1.07. The molecule has 1 N–H and O–H groups in total. The minimum Gasteiger partial charge on any atom is -0.314 e. The molecular formula is C15H21F3N2. The summed E-state index contributed by atoms with van der Waals surface area (Å²) in [6.07, 6.45) is 0.796. The lowest BCUT2D eigenvalue weighted by molar-refractivity contribution is 0.153. The summed E-state index contributed by atoms with van der Waals surface area (Å²) < 4.78 is 40.0. The van der Waals surface area contributed by atoms with E-state index in [-0.39, 0.29) is 6.04 Å². The molecule has 1 aromatic rings. The average molecular weight is 286 g/mol. The Labute approximate surface area is 118 Å². The Morgan fingerprint density at radius 1 is 1.10 bits per heavy atom. The highest BCUT2D eigenvalue weighted by Crippen LogP contribution is 2.30. The largest absolute Gasteiger partial charge is 0.314 e. The van der Waals surface area contributed by atoms with Crippen molar-refractivity contribution >= 4 is 0 Å². The van der Waals surface area contributed by atoms with Gasteiger partial charge in [0.15, 0.2) is 17.5 Å². The molecule has 0 saturated carbocycles. The zero-order chi connectivity index (χ0) is 14.7. The normalized spacial score (nSPS) is 18.5. The lowest BCUT2D eigenvalue weighted by Crippen LogP contribution is -2.45. The second-order valence-electron chi connectivity index (χ2n) is 5.73. The van der Waals surface area contributed by atoms with Gasteiger partial charge >= 0.3 is 0 Å². The maximum atomic E-state index is 13.5. The van der Waals surface area contributed by atoms with Gasteiger partial charge in [-0.15, -0.1) is 0 Å². The number of piperazine rings is 1. The zero-order valence-corrected chi connectivity index (χ0v) is 11.9. The van der Waals surface area contributed by atoms with Gasteiger partial charge in [-0.3, -0.25) is 4.90 Å². The monoisotopic (exact) mass is 286 g/mol. The summed E-state index contributed by atoms with van der Waals surface area (Å²) in [5.41, 5.74) is 0.525. The maximum absolute atomic E-state index is 13.5. The van der Waals surface area contributed by atoms with Gasteiger partial charge in [-0.2, -0.15) is 0 Å². The fourth-order valence-corrected chi connectivity index (χ4v) is 2.70. The first-order chi connectivity index (χ1) is 9.49. The van der Waals surface area contributed by atoms with Gasteiger partial charge in [-0.1, -0.05) is 13.8 Å². The molecule has 2 nitrogen and oxygen atoms in total. The van der Waals surface area contributed by atoms with Crippen LogP contribution < -0.4 is 5.32 Å². The third-order valence-electron chi connectivity index (χ3n) is 3.68. The minimum absolute atomic E-state index is 0.0679. The Morgan fingerprint density at radius 2 is 1.65 bits per heavy atom. The van der Waals surface area contributed by atoms with Crippen molar-refractivity contribution in [3.8, 4) is 0 Å². The molecule has 112 valence electrons. The summed E-state index contributed by atoms with van der Waals surface area (Å²) in [5, 5.41) is 3.26. The fraction of sp³-hybridized carbons (Fsp3) is 0.600. The number of hydrogen-bond donors (Lipinski definition) is 1. The van der Waals surface area contributed by atoms with E-state index in [2.05, 4.69) is 24.1 Å². The number of hydrogen-bond acceptors (Lipinski definition) is 2. The Kier molecular flexibility index (Phi) is 5.05. The summed E-state index contributed by atoms with van der Waals surface area (Å²) >= 11 is 0. The van der Waals surface area contributed by atoms with E-state index in [1.807, 2.05) is 0 Å². The van der Waals surface area contributed by atoms with E-state index in [0.29, 0.717) is 11.5 Å². The van der Waals surface area contributed by atoms with E-state index in [1.165, 1.54) is 0 Å². The van der Waals surface area contributed by atoms with Crippen molar-refractivity contribution in [2.75, 3.05) is 26.2 Å². The molecule has 0 spiro atoms. The molecule has 1 aliphatic rings. The standard InChI is InChI=1S/C15H21F3N2/c1-10(2)7-14(20-5-3-19-4-6-20)11-8-12(16)15(18)13(17)9-11/h8-10,14,19H,3-7H2,1-2H3/t14-/m0/s1. The van der Waals surface area contributed by atoms with E-state index in [4.69, 9.17) is 0 Å². The predicted molar refractivity (Wildman–Crippen MR) is 73.0 cm³/mol. The molecule has 20 heavy (non-hydrogen) atoms. The average Bonchev–Trinajstić information content (AvgIpc) is 2.42.